The van der Waals surface area contributed by atoms with Crippen molar-refractivity contribution in [2.45, 2.75) is 20.4 Å². The van der Waals surface area contributed by atoms with E-state index in [0.717, 1.165) is 23.7 Å². The molecular formula is C12H20N2O2. The van der Waals surface area contributed by atoms with Gasteiger partial charge < -0.3 is 14.8 Å². The Morgan fingerprint density at radius 1 is 1.31 bits per heavy atom. The highest BCUT2D eigenvalue weighted by Gasteiger charge is 2.04. The van der Waals surface area contributed by atoms with Crippen LogP contribution in [0.25, 0.3) is 0 Å². The third kappa shape index (κ3) is 4.16. The molecule has 0 spiro atoms. The minimum absolute atomic E-state index is 0.565. The molecule has 1 N–H and O–H groups in total. The van der Waals surface area contributed by atoms with Crippen LogP contribution < -0.4 is 10.1 Å². The topological polar surface area (TPSA) is 43.4 Å². The molecule has 1 aromatic rings. The van der Waals surface area contributed by atoms with E-state index < -0.39 is 0 Å². The van der Waals surface area contributed by atoms with E-state index in [0.29, 0.717) is 19.8 Å². The Bertz CT molecular complexity index is 316. The summed E-state index contributed by atoms with van der Waals surface area (Å²) in [7, 11) is 1.90. The van der Waals surface area contributed by atoms with Crippen LogP contribution in [0.1, 0.15) is 18.3 Å². The van der Waals surface area contributed by atoms with Gasteiger partial charge in [-0.15, -0.1) is 0 Å². The molecule has 0 unspecified atom stereocenters. The second-order valence-electron chi connectivity index (χ2n) is 3.47. The fourth-order valence-corrected chi connectivity index (χ4v) is 1.38. The second kappa shape index (κ2) is 7.19. The average molecular weight is 224 g/mol. The maximum Gasteiger partial charge on any atom is 0.142 e. The summed E-state index contributed by atoms with van der Waals surface area (Å²) in [6, 6.07) is 3.91. The summed E-state index contributed by atoms with van der Waals surface area (Å²) >= 11 is 0. The summed E-state index contributed by atoms with van der Waals surface area (Å²) < 4.78 is 10.8. The molecule has 0 fully saturated rings. The summed E-state index contributed by atoms with van der Waals surface area (Å²) in [4.78, 5) is 4.43. The molecule has 1 heterocycles. The Kier molecular flexibility index (Phi) is 5.82. The first-order valence-corrected chi connectivity index (χ1v) is 5.59. The minimum Gasteiger partial charge on any atom is -0.489 e. The quantitative estimate of drug-likeness (QED) is 0.713. The Morgan fingerprint density at radius 2 is 2.12 bits per heavy atom. The SMILES string of the molecule is CCOCCOc1ccc(C)nc1CNC. The van der Waals surface area contributed by atoms with E-state index in [4.69, 9.17) is 9.47 Å². The molecular weight excluding hydrogens is 204 g/mol. The summed E-state index contributed by atoms with van der Waals surface area (Å²) in [6.45, 7) is 6.56. The Labute approximate surface area is 97.0 Å². The highest BCUT2D eigenvalue weighted by molar-refractivity contribution is 5.29. The molecule has 0 aliphatic carbocycles. The highest BCUT2D eigenvalue weighted by Crippen LogP contribution is 2.16. The number of pyridine rings is 1. The monoisotopic (exact) mass is 224 g/mol. The predicted molar refractivity (Wildman–Crippen MR) is 63.7 cm³/mol. The van der Waals surface area contributed by atoms with E-state index in [2.05, 4.69) is 10.3 Å². The predicted octanol–water partition coefficient (Wildman–Crippen LogP) is 1.52. The van der Waals surface area contributed by atoms with E-state index in [1.807, 2.05) is 33.0 Å². The zero-order valence-electron chi connectivity index (χ0n) is 10.2. The smallest absolute Gasteiger partial charge is 0.142 e. The van der Waals surface area contributed by atoms with Gasteiger partial charge in [-0.1, -0.05) is 0 Å². The van der Waals surface area contributed by atoms with Crippen LogP contribution in [-0.4, -0.2) is 31.9 Å². The lowest BCUT2D eigenvalue weighted by atomic mass is 10.3. The minimum atomic E-state index is 0.565. The molecule has 1 aromatic heterocycles. The molecule has 0 amide bonds. The standard InChI is InChI=1S/C12H20N2O2/c1-4-15-7-8-16-12-6-5-10(2)14-11(12)9-13-3/h5-6,13H,4,7-9H2,1-3H3. The first kappa shape index (κ1) is 12.9. The third-order valence-corrected chi connectivity index (χ3v) is 2.11. The molecule has 0 aliphatic heterocycles. The lowest BCUT2D eigenvalue weighted by molar-refractivity contribution is 0.109. The van der Waals surface area contributed by atoms with Crippen molar-refractivity contribution in [1.82, 2.24) is 10.3 Å². The number of hydrogen-bond acceptors (Lipinski definition) is 4. The molecule has 4 nitrogen and oxygen atoms in total. The molecule has 0 atom stereocenters. The number of ether oxygens (including phenoxy) is 2. The molecule has 0 radical (unpaired) electrons. The molecule has 1 rings (SSSR count). The number of aromatic nitrogens is 1. The van der Waals surface area contributed by atoms with E-state index >= 15 is 0 Å². The fraction of sp³-hybridized carbons (Fsp3) is 0.583. The molecule has 0 saturated carbocycles. The Balaban J connectivity index is 2.56. The van der Waals surface area contributed by atoms with Crippen molar-refractivity contribution in [2.24, 2.45) is 0 Å². The van der Waals surface area contributed by atoms with E-state index in [9.17, 15) is 0 Å². The highest BCUT2D eigenvalue weighted by atomic mass is 16.5. The first-order valence-electron chi connectivity index (χ1n) is 5.59. The van der Waals surface area contributed by atoms with Crippen LogP contribution in [-0.2, 0) is 11.3 Å². The first-order chi connectivity index (χ1) is 7.77. The molecule has 0 aromatic carbocycles. The van der Waals surface area contributed by atoms with Gasteiger partial charge in [-0.3, -0.25) is 4.98 Å². The van der Waals surface area contributed by atoms with Gasteiger partial charge in [0.15, 0.2) is 0 Å². The lowest BCUT2D eigenvalue weighted by Crippen LogP contribution is -2.12. The van der Waals surface area contributed by atoms with Crippen LogP contribution in [0.3, 0.4) is 0 Å². The van der Waals surface area contributed by atoms with Crippen LogP contribution >= 0.6 is 0 Å². The average Bonchev–Trinajstić information content (AvgIpc) is 2.27. The van der Waals surface area contributed by atoms with Crippen molar-refractivity contribution in [3.05, 3.63) is 23.5 Å². The normalized spacial score (nSPS) is 10.4. The Morgan fingerprint density at radius 3 is 2.81 bits per heavy atom. The zero-order valence-corrected chi connectivity index (χ0v) is 10.2. The van der Waals surface area contributed by atoms with Crippen LogP contribution in [0.15, 0.2) is 12.1 Å². The van der Waals surface area contributed by atoms with Gasteiger partial charge in [0.25, 0.3) is 0 Å². The molecule has 0 aliphatic rings. The van der Waals surface area contributed by atoms with Crippen LogP contribution in [0, 0.1) is 6.92 Å². The lowest BCUT2D eigenvalue weighted by Gasteiger charge is -2.11. The molecule has 0 saturated heterocycles. The summed E-state index contributed by atoms with van der Waals surface area (Å²) in [5, 5.41) is 3.08. The third-order valence-electron chi connectivity index (χ3n) is 2.11. The van der Waals surface area contributed by atoms with Crippen molar-refractivity contribution in [3.8, 4) is 5.75 Å². The van der Waals surface area contributed by atoms with Crippen molar-refractivity contribution < 1.29 is 9.47 Å². The van der Waals surface area contributed by atoms with Gasteiger partial charge in [0, 0.05) is 18.8 Å². The Hall–Kier alpha value is -1.13. The van der Waals surface area contributed by atoms with Crippen LogP contribution in [0.5, 0.6) is 5.75 Å². The van der Waals surface area contributed by atoms with Crippen molar-refractivity contribution in [1.29, 1.82) is 0 Å². The number of nitrogens with zero attached hydrogens (tertiary/aromatic N) is 1. The maximum absolute atomic E-state index is 5.62. The summed E-state index contributed by atoms with van der Waals surface area (Å²) in [6.07, 6.45) is 0. The molecule has 4 heteroatoms. The number of hydrogen-bond donors (Lipinski definition) is 1. The van der Waals surface area contributed by atoms with E-state index in [1.54, 1.807) is 0 Å². The largest absolute Gasteiger partial charge is 0.489 e. The fourth-order valence-electron chi connectivity index (χ4n) is 1.38. The van der Waals surface area contributed by atoms with Crippen molar-refractivity contribution >= 4 is 0 Å². The maximum atomic E-state index is 5.62. The summed E-state index contributed by atoms with van der Waals surface area (Å²) in [5.74, 6) is 0.833. The number of nitrogens with one attached hydrogen (secondary N) is 1. The molecule has 0 bridgehead atoms. The molecule has 90 valence electrons. The van der Waals surface area contributed by atoms with Crippen LogP contribution in [0.4, 0.5) is 0 Å². The van der Waals surface area contributed by atoms with Gasteiger partial charge in [-0.2, -0.15) is 0 Å². The molecule has 16 heavy (non-hydrogen) atoms. The van der Waals surface area contributed by atoms with Gasteiger partial charge in [0.2, 0.25) is 0 Å². The van der Waals surface area contributed by atoms with Gasteiger partial charge in [0.1, 0.15) is 12.4 Å². The number of rotatable bonds is 7. The van der Waals surface area contributed by atoms with E-state index in [-0.39, 0.29) is 0 Å². The van der Waals surface area contributed by atoms with Gasteiger partial charge >= 0.3 is 0 Å². The van der Waals surface area contributed by atoms with Crippen LogP contribution in [0.2, 0.25) is 0 Å². The van der Waals surface area contributed by atoms with Crippen molar-refractivity contribution in [2.75, 3.05) is 26.9 Å². The van der Waals surface area contributed by atoms with Gasteiger partial charge in [-0.05, 0) is 33.0 Å². The zero-order chi connectivity index (χ0) is 11.8. The summed E-state index contributed by atoms with van der Waals surface area (Å²) in [5.41, 5.74) is 1.95. The van der Waals surface area contributed by atoms with Crippen molar-refractivity contribution in [3.63, 3.8) is 0 Å². The number of aryl methyl sites for hydroxylation is 1. The van der Waals surface area contributed by atoms with Gasteiger partial charge in [-0.25, -0.2) is 0 Å². The second-order valence-corrected chi connectivity index (χ2v) is 3.47. The van der Waals surface area contributed by atoms with E-state index in [1.165, 1.54) is 0 Å². The van der Waals surface area contributed by atoms with Gasteiger partial charge in [0.05, 0.1) is 12.3 Å².